The van der Waals surface area contributed by atoms with Crippen molar-refractivity contribution in [1.82, 2.24) is 9.88 Å². The van der Waals surface area contributed by atoms with E-state index in [1.54, 1.807) is 18.4 Å². The van der Waals surface area contributed by atoms with Gasteiger partial charge < -0.3 is 14.6 Å². The summed E-state index contributed by atoms with van der Waals surface area (Å²) in [6, 6.07) is 14.2. The van der Waals surface area contributed by atoms with Crippen LogP contribution < -0.4 is 9.47 Å². The average molecular weight is 439 g/mol. The molecule has 162 valence electrons. The van der Waals surface area contributed by atoms with E-state index in [-0.39, 0.29) is 12.0 Å². The van der Waals surface area contributed by atoms with Gasteiger partial charge in [-0.15, -0.1) is 11.3 Å². The van der Waals surface area contributed by atoms with Gasteiger partial charge in [-0.05, 0) is 49.7 Å². The van der Waals surface area contributed by atoms with Gasteiger partial charge in [-0.1, -0.05) is 12.1 Å². The van der Waals surface area contributed by atoms with E-state index < -0.39 is 5.97 Å². The molecule has 4 rings (SSSR count). The summed E-state index contributed by atoms with van der Waals surface area (Å²) in [6.45, 7) is 5.87. The Morgan fingerprint density at radius 3 is 2.55 bits per heavy atom. The van der Waals surface area contributed by atoms with Crippen molar-refractivity contribution in [3.8, 4) is 32.5 Å². The molecular weight excluding hydrogens is 412 g/mol. The van der Waals surface area contributed by atoms with Gasteiger partial charge in [0.25, 0.3) is 0 Å². The average Bonchev–Trinajstić information content (AvgIpc) is 3.20. The van der Waals surface area contributed by atoms with Crippen molar-refractivity contribution < 1.29 is 19.4 Å². The number of likely N-dealkylation sites (tertiary alicyclic amines) is 1. The second-order valence-electron chi connectivity index (χ2n) is 7.98. The molecule has 1 fully saturated rings. The smallest absolute Gasteiger partial charge is 0.309 e. The predicted molar refractivity (Wildman–Crippen MR) is 122 cm³/mol. The lowest BCUT2D eigenvalue weighted by Crippen LogP contribution is -2.49. The van der Waals surface area contributed by atoms with E-state index >= 15 is 0 Å². The molecule has 31 heavy (non-hydrogen) atoms. The molecule has 7 heteroatoms. The molecule has 2 heterocycles. The molecule has 0 spiro atoms. The summed E-state index contributed by atoms with van der Waals surface area (Å²) < 4.78 is 11.3. The van der Waals surface area contributed by atoms with Gasteiger partial charge >= 0.3 is 5.97 Å². The van der Waals surface area contributed by atoms with Crippen LogP contribution in [-0.4, -0.2) is 47.3 Å². The van der Waals surface area contributed by atoms with Gasteiger partial charge in [0.2, 0.25) is 0 Å². The number of thiazole rings is 1. The predicted octanol–water partition coefficient (Wildman–Crippen LogP) is 4.79. The highest BCUT2D eigenvalue weighted by Crippen LogP contribution is 2.35. The summed E-state index contributed by atoms with van der Waals surface area (Å²) in [6.07, 6.45) is 2.05. The highest BCUT2D eigenvalue weighted by atomic mass is 32.1. The first-order chi connectivity index (χ1) is 14.9. The number of carbonyl (C=O) groups is 1. The van der Waals surface area contributed by atoms with Gasteiger partial charge in [-0.2, -0.15) is 0 Å². The number of rotatable bonds is 8. The number of aromatic nitrogens is 1. The summed E-state index contributed by atoms with van der Waals surface area (Å²) >= 11 is 1.63. The molecular formula is C24H26N2O4S. The molecule has 3 aromatic rings. The second kappa shape index (κ2) is 9.08. The molecule has 1 aromatic heterocycles. The fourth-order valence-corrected chi connectivity index (χ4v) is 4.53. The summed E-state index contributed by atoms with van der Waals surface area (Å²) in [5, 5.41) is 9.98. The lowest BCUT2D eigenvalue weighted by atomic mass is 9.99. The third-order valence-corrected chi connectivity index (χ3v) is 6.35. The maximum absolute atomic E-state index is 11.0. The number of nitrogens with zero attached hydrogens (tertiary/aromatic N) is 2. The molecule has 0 saturated carbocycles. The largest absolute Gasteiger partial charge is 0.496 e. The van der Waals surface area contributed by atoms with Gasteiger partial charge in [-0.25, -0.2) is 4.98 Å². The Bertz CT molecular complexity index is 1060. The van der Waals surface area contributed by atoms with Crippen LogP contribution in [-0.2, 0) is 11.3 Å². The zero-order valence-corrected chi connectivity index (χ0v) is 18.7. The third kappa shape index (κ3) is 4.89. The van der Waals surface area contributed by atoms with Crippen LogP contribution >= 0.6 is 11.3 Å². The van der Waals surface area contributed by atoms with Crippen LogP contribution in [0, 0.1) is 5.92 Å². The van der Waals surface area contributed by atoms with Gasteiger partial charge in [-0.3, -0.25) is 9.69 Å². The molecule has 1 saturated heterocycles. The third-order valence-electron chi connectivity index (χ3n) is 5.25. The Balaban J connectivity index is 1.47. The molecule has 0 unspecified atom stereocenters. The summed E-state index contributed by atoms with van der Waals surface area (Å²) in [4.78, 5) is 18.8. The Hall–Kier alpha value is -2.90. The van der Waals surface area contributed by atoms with Gasteiger partial charge in [0.1, 0.15) is 16.5 Å². The summed E-state index contributed by atoms with van der Waals surface area (Å²) in [5.74, 6) is 0.675. The Morgan fingerprint density at radius 1 is 1.19 bits per heavy atom. The minimum Gasteiger partial charge on any atom is -0.496 e. The maximum Gasteiger partial charge on any atom is 0.309 e. The number of hydrogen-bond acceptors (Lipinski definition) is 6. The van der Waals surface area contributed by atoms with Crippen LogP contribution in [0.2, 0.25) is 0 Å². The highest BCUT2D eigenvalue weighted by molar-refractivity contribution is 7.18. The van der Waals surface area contributed by atoms with Crippen LogP contribution in [0.25, 0.3) is 21.0 Å². The lowest BCUT2D eigenvalue weighted by molar-refractivity contribution is -0.147. The van der Waals surface area contributed by atoms with Crippen molar-refractivity contribution in [3.05, 3.63) is 54.2 Å². The topological polar surface area (TPSA) is 71.9 Å². The molecule has 0 aliphatic carbocycles. The summed E-state index contributed by atoms with van der Waals surface area (Å²) in [7, 11) is 1.66. The van der Waals surface area contributed by atoms with Crippen molar-refractivity contribution in [1.29, 1.82) is 0 Å². The van der Waals surface area contributed by atoms with Crippen LogP contribution in [0.1, 0.15) is 19.4 Å². The van der Waals surface area contributed by atoms with Crippen LogP contribution in [0.5, 0.6) is 11.5 Å². The fraction of sp³-hybridized carbons (Fsp3) is 0.333. The normalized spacial score (nSPS) is 14.5. The van der Waals surface area contributed by atoms with Crippen molar-refractivity contribution in [3.63, 3.8) is 0 Å². The zero-order chi connectivity index (χ0) is 22.0. The molecule has 6 nitrogen and oxygen atoms in total. The number of hydrogen-bond donors (Lipinski definition) is 1. The lowest BCUT2D eigenvalue weighted by Gasteiger charge is -2.36. The standard InChI is InChI=1S/C24H26N2O4S/c1-15(2)30-20-8-6-16(7-9-20)22-11-25-23(31-22)17-4-5-18(21(10-17)29-3)12-26-13-19(14-26)24(27)28/h4-11,15,19H,12-14H2,1-3H3,(H,27,28). The minimum absolute atomic E-state index is 0.151. The first-order valence-corrected chi connectivity index (χ1v) is 11.1. The van der Waals surface area contributed by atoms with E-state index in [1.165, 1.54) is 0 Å². The van der Waals surface area contributed by atoms with Crippen molar-refractivity contribution in [2.75, 3.05) is 20.2 Å². The maximum atomic E-state index is 11.0. The van der Waals surface area contributed by atoms with Crippen LogP contribution in [0.4, 0.5) is 0 Å². The Labute approximate surface area is 186 Å². The monoisotopic (exact) mass is 438 g/mol. The molecule has 1 aliphatic rings. The molecule has 1 N–H and O–H groups in total. The number of carboxylic acids is 1. The molecule has 0 bridgehead atoms. The Kier molecular flexibility index (Phi) is 6.25. The molecule has 1 aliphatic heterocycles. The van der Waals surface area contributed by atoms with Crippen molar-refractivity contribution in [2.45, 2.75) is 26.5 Å². The quantitative estimate of drug-likeness (QED) is 0.545. The van der Waals surface area contributed by atoms with Crippen LogP contribution in [0.15, 0.2) is 48.7 Å². The van der Waals surface area contributed by atoms with E-state index in [4.69, 9.17) is 14.6 Å². The second-order valence-corrected chi connectivity index (χ2v) is 9.01. The molecule has 0 radical (unpaired) electrons. The fourth-order valence-electron chi connectivity index (χ4n) is 3.62. The number of ether oxygens (including phenoxy) is 2. The Morgan fingerprint density at radius 2 is 1.90 bits per heavy atom. The van der Waals surface area contributed by atoms with E-state index in [9.17, 15) is 4.79 Å². The van der Waals surface area contributed by atoms with E-state index in [0.717, 1.165) is 38.1 Å². The molecule has 0 atom stereocenters. The van der Waals surface area contributed by atoms with Crippen LogP contribution in [0.3, 0.4) is 0 Å². The van der Waals surface area contributed by atoms with E-state index in [0.29, 0.717) is 19.6 Å². The molecule has 0 amide bonds. The van der Waals surface area contributed by atoms with Crippen molar-refractivity contribution in [2.24, 2.45) is 5.92 Å². The zero-order valence-electron chi connectivity index (χ0n) is 17.9. The number of aliphatic carboxylic acids is 1. The van der Waals surface area contributed by atoms with Gasteiger partial charge in [0.15, 0.2) is 0 Å². The van der Waals surface area contributed by atoms with E-state index in [1.807, 2.05) is 44.3 Å². The number of benzene rings is 2. The van der Waals surface area contributed by atoms with Gasteiger partial charge in [0, 0.05) is 37.0 Å². The van der Waals surface area contributed by atoms with Gasteiger partial charge in [0.05, 0.1) is 24.0 Å². The highest BCUT2D eigenvalue weighted by Gasteiger charge is 2.32. The van der Waals surface area contributed by atoms with E-state index in [2.05, 4.69) is 28.1 Å². The van der Waals surface area contributed by atoms with Crippen molar-refractivity contribution >= 4 is 17.3 Å². The first kappa shape index (κ1) is 21.3. The number of carboxylic acid groups (broad SMARTS) is 1. The SMILES string of the molecule is COc1cc(-c2ncc(-c3ccc(OC(C)C)cc3)s2)ccc1CN1CC(C(=O)O)C1. The number of methoxy groups -OCH3 is 1. The minimum atomic E-state index is -0.722. The summed E-state index contributed by atoms with van der Waals surface area (Å²) in [5.41, 5.74) is 3.16. The first-order valence-electron chi connectivity index (χ1n) is 10.3. The molecule has 2 aromatic carbocycles.